The molecule has 2 N–H and O–H groups in total. The van der Waals surface area contributed by atoms with Crippen LogP contribution in [0.3, 0.4) is 0 Å². The van der Waals surface area contributed by atoms with Gasteiger partial charge in [-0.15, -0.1) is 0 Å². The number of imidazole rings is 1. The van der Waals surface area contributed by atoms with Gasteiger partial charge >= 0.3 is 0 Å². The van der Waals surface area contributed by atoms with Crippen LogP contribution in [0.1, 0.15) is 16.2 Å². The number of rotatable bonds is 4. The zero-order valence-corrected chi connectivity index (χ0v) is 11.3. The maximum absolute atomic E-state index is 11.7. The number of nitrogens with one attached hydrogen (secondary N) is 2. The highest BCUT2D eigenvalue weighted by molar-refractivity contribution is 14.1. The molecule has 5 heteroatoms. The Kier molecular flexibility index (Phi) is 4.13. The van der Waals surface area contributed by atoms with Crippen molar-refractivity contribution in [3.8, 4) is 0 Å². The van der Waals surface area contributed by atoms with Crippen molar-refractivity contribution in [2.45, 2.75) is 6.42 Å². The molecule has 0 saturated carbocycles. The molecular weight excluding hydrogens is 329 g/mol. The van der Waals surface area contributed by atoms with Crippen LogP contribution in [0.2, 0.25) is 0 Å². The average Bonchev–Trinajstić information content (AvgIpc) is 2.83. The maximum Gasteiger partial charge on any atom is 0.251 e. The molecule has 0 bridgehead atoms. The lowest BCUT2D eigenvalue weighted by Crippen LogP contribution is -2.25. The van der Waals surface area contributed by atoms with Gasteiger partial charge in [0.2, 0.25) is 0 Å². The Morgan fingerprint density at radius 3 is 2.76 bits per heavy atom. The molecule has 1 amide bonds. The lowest BCUT2D eigenvalue weighted by Gasteiger charge is -2.04. The summed E-state index contributed by atoms with van der Waals surface area (Å²) in [7, 11) is 0. The Morgan fingerprint density at radius 2 is 2.12 bits per heavy atom. The summed E-state index contributed by atoms with van der Waals surface area (Å²) in [6.07, 6.45) is 4.19. The zero-order chi connectivity index (χ0) is 12.1. The van der Waals surface area contributed by atoms with Crippen molar-refractivity contribution in [2.24, 2.45) is 0 Å². The van der Waals surface area contributed by atoms with Crippen LogP contribution in [-0.2, 0) is 6.42 Å². The molecule has 88 valence electrons. The molecule has 4 nitrogen and oxygen atoms in total. The van der Waals surface area contributed by atoms with E-state index < -0.39 is 0 Å². The molecule has 1 heterocycles. The second kappa shape index (κ2) is 5.81. The number of hydrogen-bond donors (Lipinski definition) is 2. The first-order valence-corrected chi connectivity index (χ1v) is 6.35. The minimum Gasteiger partial charge on any atom is -0.352 e. The number of aromatic amines is 1. The van der Waals surface area contributed by atoms with Gasteiger partial charge in [0.05, 0.1) is 0 Å². The number of carbonyl (C=O) groups is 1. The largest absolute Gasteiger partial charge is 0.352 e. The minimum absolute atomic E-state index is 0.0482. The Hall–Kier alpha value is -1.37. The van der Waals surface area contributed by atoms with Crippen molar-refractivity contribution in [1.29, 1.82) is 0 Å². The first-order valence-electron chi connectivity index (χ1n) is 5.28. The van der Waals surface area contributed by atoms with Crippen LogP contribution in [0.5, 0.6) is 0 Å². The van der Waals surface area contributed by atoms with E-state index in [1.165, 1.54) is 0 Å². The molecular formula is C12H12IN3O. The fourth-order valence-electron chi connectivity index (χ4n) is 1.43. The van der Waals surface area contributed by atoms with Crippen molar-refractivity contribution in [2.75, 3.05) is 6.54 Å². The molecule has 0 unspecified atom stereocenters. The van der Waals surface area contributed by atoms with Gasteiger partial charge in [-0.3, -0.25) is 4.79 Å². The second-order valence-electron chi connectivity index (χ2n) is 3.55. The molecule has 1 aromatic heterocycles. The molecule has 0 saturated heterocycles. The summed E-state index contributed by atoms with van der Waals surface area (Å²) in [5.41, 5.74) is 0.685. The third-order valence-corrected chi connectivity index (χ3v) is 3.03. The predicted octanol–water partition coefficient (Wildman–Crippen LogP) is 1.99. The van der Waals surface area contributed by atoms with Gasteiger partial charge in [-0.25, -0.2) is 4.98 Å². The molecule has 17 heavy (non-hydrogen) atoms. The SMILES string of the molecule is O=C(NCCc1ncc[nH]1)c1ccc(I)cc1. The first-order chi connectivity index (χ1) is 8.25. The molecule has 0 aliphatic carbocycles. The van der Waals surface area contributed by atoms with Crippen LogP contribution in [-0.4, -0.2) is 22.4 Å². The normalized spacial score (nSPS) is 10.2. The lowest BCUT2D eigenvalue weighted by atomic mass is 10.2. The second-order valence-corrected chi connectivity index (χ2v) is 4.79. The van der Waals surface area contributed by atoms with Crippen LogP contribution in [0, 0.1) is 3.57 Å². The maximum atomic E-state index is 11.7. The highest BCUT2D eigenvalue weighted by Gasteiger charge is 2.04. The summed E-state index contributed by atoms with van der Waals surface area (Å²) < 4.78 is 1.12. The van der Waals surface area contributed by atoms with E-state index in [0.29, 0.717) is 18.5 Å². The van der Waals surface area contributed by atoms with E-state index in [-0.39, 0.29) is 5.91 Å². The Bertz CT molecular complexity index is 479. The van der Waals surface area contributed by atoms with Crippen molar-refractivity contribution in [3.05, 3.63) is 51.6 Å². The van der Waals surface area contributed by atoms with Crippen LogP contribution >= 0.6 is 22.6 Å². The van der Waals surface area contributed by atoms with Gasteiger partial charge in [0.1, 0.15) is 5.82 Å². The Morgan fingerprint density at radius 1 is 1.35 bits per heavy atom. The van der Waals surface area contributed by atoms with E-state index in [4.69, 9.17) is 0 Å². The fourth-order valence-corrected chi connectivity index (χ4v) is 1.79. The minimum atomic E-state index is -0.0482. The van der Waals surface area contributed by atoms with Crippen molar-refractivity contribution in [3.63, 3.8) is 0 Å². The van der Waals surface area contributed by atoms with E-state index in [2.05, 4.69) is 37.9 Å². The third-order valence-electron chi connectivity index (χ3n) is 2.31. The van der Waals surface area contributed by atoms with E-state index in [9.17, 15) is 4.79 Å². The molecule has 0 aliphatic rings. The summed E-state index contributed by atoms with van der Waals surface area (Å²) in [6, 6.07) is 7.48. The van der Waals surface area contributed by atoms with E-state index in [1.54, 1.807) is 12.4 Å². The number of benzene rings is 1. The average molecular weight is 341 g/mol. The van der Waals surface area contributed by atoms with E-state index in [0.717, 1.165) is 9.39 Å². The van der Waals surface area contributed by atoms with Crippen molar-refractivity contribution >= 4 is 28.5 Å². The van der Waals surface area contributed by atoms with Gasteiger partial charge in [0, 0.05) is 34.5 Å². The number of nitrogens with zero attached hydrogens (tertiary/aromatic N) is 1. The number of halogens is 1. The number of hydrogen-bond acceptors (Lipinski definition) is 2. The predicted molar refractivity (Wildman–Crippen MR) is 73.8 cm³/mol. The Balaban J connectivity index is 1.83. The van der Waals surface area contributed by atoms with E-state index >= 15 is 0 Å². The lowest BCUT2D eigenvalue weighted by molar-refractivity contribution is 0.0954. The number of amides is 1. The summed E-state index contributed by atoms with van der Waals surface area (Å²) in [5, 5.41) is 2.86. The van der Waals surface area contributed by atoms with Crippen LogP contribution in [0.25, 0.3) is 0 Å². The summed E-state index contributed by atoms with van der Waals surface area (Å²) in [6.45, 7) is 0.582. The molecule has 0 spiro atoms. The number of H-pyrrole nitrogens is 1. The van der Waals surface area contributed by atoms with Crippen LogP contribution in [0.4, 0.5) is 0 Å². The summed E-state index contributed by atoms with van der Waals surface area (Å²) >= 11 is 2.21. The smallest absolute Gasteiger partial charge is 0.251 e. The van der Waals surface area contributed by atoms with Gasteiger partial charge in [-0.05, 0) is 46.9 Å². The van der Waals surface area contributed by atoms with Gasteiger partial charge in [-0.1, -0.05) is 0 Å². The Labute approximate surface area is 113 Å². The van der Waals surface area contributed by atoms with Gasteiger partial charge < -0.3 is 10.3 Å². The standard InChI is InChI=1S/C12H12IN3O/c13-10-3-1-9(2-4-10)12(17)16-6-5-11-14-7-8-15-11/h1-4,7-8H,5-6H2,(H,14,15)(H,16,17). The number of carbonyl (C=O) groups excluding carboxylic acids is 1. The highest BCUT2D eigenvalue weighted by atomic mass is 127. The monoisotopic (exact) mass is 341 g/mol. The topological polar surface area (TPSA) is 57.8 Å². The molecule has 1 aromatic carbocycles. The van der Waals surface area contributed by atoms with Gasteiger partial charge in [0.15, 0.2) is 0 Å². The third kappa shape index (κ3) is 3.55. The highest BCUT2D eigenvalue weighted by Crippen LogP contribution is 2.06. The molecule has 0 atom stereocenters. The van der Waals surface area contributed by atoms with Gasteiger partial charge in [-0.2, -0.15) is 0 Å². The van der Waals surface area contributed by atoms with Crippen molar-refractivity contribution in [1.82, 2.24) is 15.3 Å². The van der Waals surface area contributed by atoms with Crippen molar-refractivity contribution < 1.29 is 4.79 Å². The zero-order valence-electron chi connectivity index (χ0n) is 9.11. The number of aromatic nitrogens is 2. The quantitative estimate of drug-likeness (QED) is 0.836. The van der Waals surface area contributed by atoms with Crippen LogP contribution < -0.4 is 5.32 Å². The molecule has 0 aliphatic heterocycles. The summed E-state index contributed by atoms with van der Waals surface area (Å²) in [4.78, 5) is 18.8. The van der Waals surface area contributed by atoms with Crippen LogP contribution in [0.15, 0.2) is 36.7 Å². The molecule has 0 fully saturated rings. The molecule has 2 rings (SSSR count). The molecule has 0 radical (unpaired) electrons. The molecule has 2 aromatic rings. The fraction of sp³-hybridized carbons (Fsp3) is 0.167. The van der Waals surface area contributed by atoms with E-state index in [1.807, 2.05) is 24.3 Å². The summed E-state index contributed by atoms with van der Waals surface area (Å²) in [5.74, 6) is 0.834. The first kappa shape index (κ1) is 12.1. The van der Waals surface area contributed by atoms with Gasteiger partial charge in [0.25, 0.3) is 5.91 Å².